The lowest BCUT2D eigenvalue weighted by Gasteiger charge is -2.29. The minimum Gasteiger partial charge on any atom is -0.457 e. The van der Waals surface area contributed by atoms with Gasteiger partial charge in [-0.05, 0) is 122 Å². The number of rotatable bonds is 8. The van der Waals surface area contributed by atoms with Gasteiger partial charge in [0.1, 0.15) is 17.3 Å². The summed E-state index contributed by atoms with van der Waals surface area (Å²) in [4.78, 5) is 9.75. The van der Waals surface area contributed by atoms with Crippen LogP contribution in [0.3, 0.4) is 0 Å². The minimum atomic E-state index is -0.338. The van der Waals surface area contributed by atoms with Crippen molar-refractivity contribution >= 4 is 33.2 Å². The number of aromatic nitrogens is 2. The molecule has 71 heavy (non-hydrogen) atoms. The molecule has 0 unspecified atom stereocenters. The number of fused-ring (bicyclic) bond motifs is 6. The van der Waals surface area contributed by atoms with Crippen LogP contribution in [-0.2, 0) is 16.2 Å². The zero-order valence-electron chi connectivity index (χ0n) is 41.6. The molecule has 0 radical (unpaired) electrons. The highest BCUT2D eigenvalue weighted by Gasteiger charge is 2.41. The molecule has 0 amide bonds. The van der Waals surface area contributed by atoms with Crippen molar-refractivity contribution in [3.63, 3.8) is 0 Å². The van der Waals surface area contributed by atoms with Crippen molar-refractivity contribution in [2.75, 3.05) is 16.5 Å². The van der Waals surface area contributed by atoms with Gasteiger partial charge in [-0.3, -0.25) is 4.57 Å². The molecule has 0 saturated heterocycles. The van der Waals surface area contributed by atoms with Crippen LogP contribution in [0.1, 0.15) is 76.3 Å². The Hall–Kier alpha value is -8.15. The van der Waals surface area contributed by atoms with Gasteiger partial charge in [0, 0.05) is 63.7 Å². The lowest BCUT2D eigenvalue weighted by molar-refractivity contribution is 0.483. The fraction of sp³-hybridized carbons (Fsp3) is 0.167. The van der Waals surface area contributed by atoms with Crippen LogP contribution in [0, 0.1) is 0 Å². The van der Waals surface area contributed by atoms with Gasteiger partial charge in [-0.15, -0.1) is 0 Å². The van der Waals surface area contributed by atoms with Crippen LogP contribution in [0.2, 0.25) is 0 Å². The van der Waals surface area contributed by atoms with Crippen LogP contribution < -0.4 is 14.5 Å². The van der Waals surface area contributed by atoms with Crippen molar-refractivity contribution < 1.29 is 4.74 Å². The van der Waals surface area contributed by atoms with E-state index in [-0.39, 0.29) is 16.2 Å². The Kier molecular flexibility index (Phi) is 10.4. The molecule has 2 aromatic heterocycles. The average Bonchev–Trinajstić information content (AvgIpc) is 4.08. The van der Waals surface area contributed by atoms with Crippen LogP contribution in [0.25, 0.3) is 61.0 Å². The van der Waals surface area contributed by atoms with Gasteiger partial charge in [-0.2, -0.15) is 0 Å². The Morgan fingerprint density at radius 3 is 1.68 bits per heavy atom. The molecule has 0 N–H and O–H groups in total. The summed E-state index contributed by atoms with van der Waals surface area (Å²) in [6.45, 7) is 16.7. The summed E-state index contributed by atoms with van der Waals surface area (Å²) in [6, 6.07) is 70.5. The molecule has 3 heterocycles. The fourth-order valence-electron chi connectivity index (χ4n) is 11.0. The van der Waals surface area contributed by atoms with E-state index in [1.54, 1.807) is 0 Å². The zero-order valence-corrected chi connectivity index (χ0v) is 41.6. The highest BCUT2D eigenvalue weighted by atomic mass is 16.5. The van der Waals surface area contributed by atoms with Crippen molar-refractivity contribution in [3.8, 4) is 50.7 Å². The molecule has 0 spiro atoms. The molecule has 12 rings (SSSR count). The Balaban J connectivity index is 0.918. The second kappa shape index (κ2) is 16.8. The Labute approximate surface area is 418 Å². The van der Waals surface area contributed by atoms with E-state index >= 15 is 0 Å². The molecule has 10 aromatic rings. The second-order valence-corrected chi connectivity index (χ2v) is 21.5. The quantitative estimate of drug-likeness (QED) is 0.152. The predicted molar refractivity (Wildman–Crippen MR) is 296 cm³/mol. The lowest BCUT2D eigenvalue weighted by Crippen LogP contribution is -2.26. The van der Waals surface area contributed by atoms with Gasteiger partial charge in [-0.25, -0.2) is 4.98 Å². The molecule has 2 aliphatic rings. The predicted octanol–water partition coefficient (Wildman–Crippen LogP) is 17.0. The average molecular weight is 923 g/mol. The van der Waals surface area contributed by atoms with Gasteiger partial charge in [0.2, 0.25) is 0 Å². The summed E-state index contributed by atoms with van der Waals surface area (Å²) in [5.41, 5.74) is 17.8. The standard InChI is InChI=1S/C66H58N4O/c1-64(2,3)46-33-34-67-62(40-46)70-60-39-47(66(7)58-27-16-14-25-52(58)53-26-15-17-28-59(53)66)29-31-54(60)55-32-30-51(42-61(55)70)71-50-24-18-23-49(41-50)68-35-36-69(43-68)63-56(44-19-10-8-11-20-44)37-48(65(4,5)6)38-57(63)45-21-12-9-13-22-45/h8-42H,43H2,1-7H3. The van der Waals surface area contributed by atoms with E-state index in [9.17, 15) is 0 Å². The SMILES string of the molecule is CC(C)(C)c1ccnc(-n2c3cc(Oc4cccc(N5C=CN(c6c(-c7ccccc7)cc(C(C)(C)C)cc6-c6ccccc6)C5)c4)ccc3c3ccc(C4(C)c5ccccc5-c5ccccc54)cc32)c1. The normalized spacial score (nSPS) is 14.1. The van der Waals surface area contributed by atoms with Gasteiger partial charge in [-0.1, -0.05) is 169 Å². The first kappa shape index (κ1) is 44.1. The summed E-state index contributed by atoms with van der Waals surface area (Å²) < 4.78 is 9.20. The van der Waals surface area contributed by atoms with Crippen molar-refractivity contribution in [3.05, 3.63) is 241 Å². The van der Waals surface area contributed by atoms with Gasteiger partial charge in [0.25, 0.3) is 0 Å². The summed E-state index contributed by atoms with van der Waals surface area (Å²) in [5, 5.41) is 2.32. The number of benzene rings is 8. The number of pyridine rings is 1. The molecule has 0 saturated carbocycles. The van der Waals surface area contributed by atoms with Crippen LogP contribution in [0.15, 0.2) is 213 Å². The van der Waals surface area contributed by atoms with Crippen molar-refractivity contribution in [2.24, 2.45) is 0 Å². The molecule has 5 heteroatoms. The van der Waals surface area contributed by atoms with E-state index in [1.165, 1.54) is 72.3 Å². The summed E-state index contributed by atoms with van der Waals surface area (Å²) in [6.07, 6.45) is 6.35. The number of nitrogens with zero attached hydrogens (tertiary/aromatic N) is 4. The molecule has 5 nitrogen and oxygen atoms in total. The van der Waals surface area contributed by atoms with Gasteiger partial charge >= 0.3 is 0 Å². The monoisotopic (exact) mass is 922 g/mol. The molecule has 1 aliphatic heterocycles. The zero-order chi connectivity index (χ0) is 48.6. The van der Waals surface area contributed by atoms with E-state index < -0.39 is 0 Å². The third-order valence-corrected chi connectivity index (χ3v) is 14.9. The van der Waals surface area contributed by atoms with Crippen LogP contribution in [0.5, 0.6) is 11.5 Å². The Bertz CT molecular complexity index is 3600. The number of ether oxygens (including phenoxy) is 1. The van der Waals surface area contributed by atoms with E-state index in [0.717, 1.165) is 39.4 Å². The van der Waals surface area contributed by atoms with Gasteiger partial charge in [0.15, 0.2) is 0 Å². The largest absolute Gasteiger partial charge is 0.457 e. The second-order valence-electron chi connectivity index (χ2n) is 21.5. The molecule has 0 atom stereocenters. The highest BCUT2D eigenvalue weighted by molar-refractivity contribution is 6.10. The van der Waals surface area contributed by atoms with E-state index in [1.807, 2.05) is 12.3 Å². The summed E-state index contributed by atoms with van der Waals surface area (Å²) in [5.74, 6) is 2.41. The smallest absolute Gasteiger partial charge is 0.137 e. The molecule has 0 fully saturated rings. The highest BCUT2D eigenvalue weighted by Crippen LogP contribution is 2.53. The third kappa shape index (κ3) is 7.59. The fourth-order valence-corrected chi connectivity index (χ4v) is 11.0. The first-order valence-electron chi connectivity index (χ1n) is 24.9. The minimum absolute atomic E-state index is 0.0354. The summed E-state index contributed by atoms with van der Waals surface area (Å²) in [7, 11) is 0. The molecular formula is C66H58N4O. The Morgan fingerprint density at radius 2 is 1.04 bits per heavy atom. The summed E-state index contributed by atoms with van der Waals surface area (Å²) >= 11 is 0. The van der Waals surface area contributed by atoms with Crippen LogP contribution >= 0.6 is 0 Å². The molecular weight excluding hydrogens is 865 g/mol. The maximum Gasteiger partial charge on any atom is 0.137 e. The first-order valence-corrected chi connectivity index (χ1v) is 24.9. The molecule has 0 bridgehead atoms. The van der Waals surface area contributed by atoms with Crippen molar-refractivity contribution in [1.82, 2.24) is 9.55 Å². The van der Waals surface area contributed by atoms with E-state index in [0.29, 0.717) is 6.67 Å². The third-order valence-electron chi connectivity index (χ3n) is 14.9. The number of anilines is 2. The van der Waals surface area contributed by atoms with Crippen molar-refractivity contribution in [2.45, 2.75) is 64.7 Å². The first-order chi connectivity index (χ1) is 34.3. The maximum absolute atomic E-state index is 6.86. The van der Waals surface area contributed by atoms with Crippen LogP contribution in [0.4, 0.5) is 11.4 Å². The van der Waals surface area contributed by atoms with Gasteiger partial charge < -0.3 is 14.5 Å². The van der Waals surface area contributed by atoms with Crippen molar-refractivity contribution in [1.29, 1.82) is 0 Å². The van der Waals surface area contributed by atoms with E-state index in [4.69, 9.17) is 9.72 Å². The van der Waals surface area contributed by atoms with Crippen LogP contribution in [-0.4, -0.2) is 16.2 Å². The topological polar surface area (TPSA) is 33.5 Å². The maximum atomic E-state index is 6.86. The molecule has 8 aromatic carbocycles. The number of hydrogen-bond donors (Lipinski definition) is 0. The lowest BCUT2D eigenvalue weighted by atomic mass is 9.74. The number of hydrogen-bond acceptors (Lipinski definition) is 4. The van der Waals surface area contributed by atoms with E-state index in [2.05, 4.69) is 263 Å². The van der Waals surface area contributed by atoms with Gasteiger partial charge in [0.05, 0.1) is 23.4 Å². The Morgan fingerprint density at radius 1 is 0.479 bits per heavy atom. The molecule has 1 aliphatic carbocycles. The molecule has 348 valence electrons.